The van der Waals surface area contributed by atoms with Crippen LogP contribution in [0.15, 0.2) is 52.5 Å². The van der Waals surface area contributed by atoms with Gasteiger partial charge < -0.3 is 11.5 Å². The highest BCUT2D eigenvalue weighted by Crippen LogP contribution is 2.29. The molecule has 0 aliphatic rings. The normalized spacial score (nSPS) is 10.1. The minimum atomic E-state index is -0.514. The Kier molecular flexibility index (Phi) is 3.30. The van der Waals surface area contributed by atoms with Gasteiger partial charge in [0.05, 0.1) is 5.56 Å². The molecule has 5 heteroatoms. The van der Waals surface area contributed by atoms with E-state index in [1.54, 1.807) is 24.5 Å². The number of amides is 1. The molecular formula is C12H11N3OS. The number of rotatable bonds is 3. The number of aromatic nitrogens is 1. The van der Waals surface area contributed by atoms with Crippen LogP contribution in [0, 0.1) is 0 Å². The molecule has 1 heterocycles. The Morgan fingerprint density at radius 3 is 2.47 bits per heavy atom. The molecule has 17 heavy (non-hydrogen) atoms. The molecule has 1 aromatic heterocycles. The molecule has 2 rings (SSSR count). The minimum Gasteiger partial charge on any atom is -0.398 e. The predicted molar refractivity (Wildman–Crippen MR) is 67.7 cm³/mol. The molecule has 4 nitrogen and oxygen atoms in total. The van der Waals surface area contributed by atoms with Gasteiger partial charge in [0.1, 0.15) is 0 Å². The van der Waals surface area contributed by atoms with Crippen molar-refractivity contribution in [3.05, 3.63) is 48.3 Å². The van der Waals surface area contributed by atoms with Gasteiger partial charge in [-0.25, -0.2) is 0 Å². The van der Waals surface area contributed by atoms with Crippen molar-refractivity contribution in [3.8, 4) is 0 Å². The lowest BCUT2D eigenvalue weighted by molar-refractivity contribution is 0.100. The molecule has 4 N–H and O–H groups in total. The number of benzene rings is 1. The summed E-state index contributed by atoms with van der Waals surface area (Å²) < 4.78 is 0. The van der Waals surface area contributed by atoms with Crippen LogP contribution in [0.2, 0.25) is 0 Å². The molecule has 0 bridgehead atoms. The van der Waals surface area contributed by atoms with Gasteiger partial charge in [0.25, 0.3) is 5.91 Å². The van der Waals surface area contributed by atoms with Gasteiger partial charge in [0.15, 0.2) is 0 Å². The van der Waals surface area contributed by atoms with E-state index in [-0.39, 0.29) is 0 Å². The van der Waals surface area contributed by atoms with Crippen molar-refractivity contribution in [1.29, 1.82) is 0 Å². The topological polar surface area (TPSA) is 82.0 Å². The van der Waals surface area contributed by atoms with Crippen LogP contribution in [0.4, 0.5) is 5.69 Å². The first kappa shape index (κ1) is 11.5. The number of nitrogens with zero attached hydrogens (tertiary/aromatic N) is 1. The van der Waals surface area contributed by atoms with E-state index in [2.05, 4.69) is 4.98 Å². The molecule has 0 atom stereocenters. The molecule has 2 aromatic rings. The van der Waals surface area contributed by atoms with Crippen LogP contribution >= 0.6 is 11.8 Å². The second-order valence-electron chi connectivity index (χ2n) is 3.40. The molecular weight excluding hydrogens is 234 g/mol. The summed E-state index contributed by atoms with van der Waals surface area (Å²) in [7, 11) is 0. The molecule has 0 spiro atoms. The zero-order valence-electron chi connectivity index (χ0n) is 8.96. The highest BCUT2D eigenvalue weighted by atomic mass is 32.2. The fourth-order valence-electron chi connectivity index (χ4n) is 1.35. The number of nitrogen functional groups attached to an aromatic ring is 1. The summed E-state index contributed by atoms with van der Waals surface area (Å²) in [5.41, 5.74) is 11.7. The molecule has 1 amide bonds. The summed E-state index contributed by atoms with van der Waals surface area (Å²) in [5, 5.41) is 0. The lowest BCUT2D eigenvalue weighted by Gasteiger charge is -2.05. The zero-order chi connectivity index (χ0) is 12.3. The van der Waals surface area contributed by atoms with Crippen LogP contribution in [0.5, 0.6) is 0 Å². The highest BCUT2D eigenvalue weighted by molar-refractivity contribution is 7.99. The number of carbonyl (C=O) groups is 1. The van der Waals surface area contributed by atoms with E-state index in [1.807, 2.05) is 18.2 Å². The van der Waals surface area contributed by atoms with Gasteiger partial charge in [0.2, 0.25) is 0 Å². The van der Waals surface area contributed by atoms with Crippen LogP contribution < -0.4 is 11.5 Å². The number of hydrogen-bond acceptors (Lipinski definition) is 4. The van der Waals surface area contributed by atoms with Crippen LogP contribution in [0.25, 0.3) is 0 Å². The van der Waals surface area contributed by atoms with Crippen molar-refractivity contribution in [3.63, 3.8) is 0 Å². The lowest BCUT2D eigenvalue weighted by atomic mass is 10.2. The van der Waals surface area contributed by atoms with E-state index in [1.165, 1.54) is 11.8 Å². The molecule has 0 fully saturated rings. The third-order valence-electron chi connectivity index (χ3n) is 2.18. The SMILES string of the molecule is NC(=O)c1cc(Sc2ccncc2)ccc1N. The standard InChI is InChI=1S/C12H11N3OS/c13-11-2-1-9(7-10(11)12(14)16)17-8-3-5-15-6-4-8/h1-7H,13H2,(H2,14,16). The fourth-order valence-corrected chi connectivity index (χ4v) is 2.20. The maximum Gasteiger partial charge on any atom is 0.250 e. The van der Waals surface area contributed by atoms with Crippen LogP contribution in [0.1, 0.15) is 10.4 Å². The van der Waals surface area contributed by atoms with Crippen molar-refractivity contribution >= 4 is 23.4 Å². The van der Waals surface area contributed by atoms with E-state index in [9.17, 15) is 4.79 Å². The Bertz CT molecular complexity index is 543. The minimum absolute atomic E-state index is 0.351. The van der Waals surface area contributed by atoms with Crippen LogP contribution in [-0.4, -0.2) is 10.9 Å². The summed E-state index contributed by atoms with van der Waals surface area (Å²) in [6.45, 7) is 0. The molecule has 0 aliphatic heterocycles. The van der Waals surface area contributed by atoms with Crippen LogP contribution in [-0.2, 0) is 0 Å². The summed E-state index contributed by atoms with van der Waals surface area (Å²) in [6, 6.07) is 9.02. The Labute approximate surface area is 103 Å². The van der Waals surface area contributed by atoms with Gasteiger partial charge >= 0.3 is 0 Å². The van der Waals surface area contributed by atoms with Crippen molar-refractivity contribution in [1.82, 2.24) is 4.98 Å². The average molecular weight is 245 g/mol. The molecule has 0 aliphatic carbocycles. The molecule has 86 valence electrons. The van der Waals surface area contributed by atoms with Gasteiger partial charge in [-0.3, -0.25) is 9.78 Å². The molecule has 0 saturated heterocycles. The quantitative estimate of drug-likeness (QED) is 0.809. The first-order valence-electron chi connectivity index (χ1n) is 4.94. The number of pyridine rings is 1. The molecule has 0 unspecified atom stereocenters. The van der Waals surface area contributed by atoms with Crippen molar-refractivity contribution in [2.45, 2.75) is 9.79 Å². The predicted octanol–water partition coefficient (Wildman–Crippen LogP) is 1.91. The van der Waals surface area contributed by atoms with Gasteiger partial charge in [-0.2, -0.15) is 0 Å². The molecule has 0 radical (unpaired) electrons. The van der Waals surface area contributed by atoms with E-state index < -0.39 is 5.91 Å². The smallest absolute Gasteiger partial charge is 0.250 e. The second kappa shape index (κ2) is 4.88. The molecule has 1 aromatic carbocycles. The maximum absolute atomic E-state index is 11.1. The molecule has 0 saturated carbocycles. The van der Waals surface area contributed by atoms with Gasteiger partial charge in [-0.05, 0) is 30.3 Å². The number of carbonyl (C=O) groups excluding carboxylic acids is 1. The van der Waals surface area contributed by atoms with Crippen molar-refractivity contribution < 1.29 is 4.79 Å². The fraction of sp³-hybridized carbons (Fsp3) is 0. The monoisotopic (exact) mass is 245 g/mol. The summed E-state index contributed by atoms with van der Waals surface area (Å²) >= 11 is 1.52. The Morgan fingerprint density at radius 1 is 1.12 bits per heavy atom. The summed E-state index contributed by atoms with van der Waals surface area (Å²) in [4.78, 5) is 17.0. The van der Waals surface area contributed by atoms with Crippen molar-refractivity contribution in [2.75, 3.05) is 5.73 Å². The van der Waals surface area contributed by atoms with E-state index in [0.29, 0.717) is 11.3 Å². The number of primary amides is 1. The van der Waals surface area contributed by atoms with E-state index in [4.69, 9.17) is 11.5 Å². The van der Waals surface area contributed by atoms with Gasteiger partial charge in [0, 0.05) is 27.9 Å². The first-order valence-corrected chi connectivity index (χ1v) is 5.75. The lowest BCUT2D eigenvalue weighted by Crippen LogP contribution is -2.13. The largest absolute Gasteiger partial charge is 0.398 e. The van der Waals surface area contributed by atoms with Gasteiger partial charge in [-0.15, -0.1) is 0 Å². The summed E-state index contributed by atoms with van der Waals surface area (Å²) in [5.74, 6) is -0.514. The first-order chi connectivity index (χ1) is 8.16. The number of nitrogens with two attached hydrogens (primary N) is 2. The Morgan fingerprint density at radius 2 is 1.82 bits per heavy atom. The second-order valence-corrected chi connectivity index (χ2v) is 4.55. The average Bonchev–Trinajstić information content (AvgIpc) is 2.32. The van der Waals surface area contributed by atoms with Crippen molar-refractivity contribution in [2.24, 2.45) is 5.73 Å². The zero-order valence-corrected chi connectivity index (χ0v) is 9.78. The number of hydrogen-bond donors (Lipinski definition) is 2. The summed E-state index contributed by atoms with van der Waals surface area (Å²) in [6.07, 6.45) is 3.43. The highest BCUT2D eigenvalue weighted by Gasteiger charge is 2.07. The number of anilines is 1. The Hall–Kier alpha value is -2.01. The third-order valence-corrected chi connectivity index (χ3v) is 3.17. The van der Waals surface area contributed by atoms with E-state index >= 15 is 0 Å². The Balaban J connectivity index is 2.29. The van der Waals surface area contributed by atoms with Crippen LogP contribution in [0.3, 0.4) is 0 Å². The van der Waals surface area contributed by atoms with E-state index in [0.717, 1.165) is 9.79 Å². The van der Waals surface area contributed by atoms with Gasteiger partial charge in [-0.1, -0.05) is 11.8 Å². The maximum atomic E-state index is 11.1. The third kappa shape index (κ3) is 2.76.